The lowest BCUT2D eigenvalue weighted by molar-refractivity contribution is 0.181. The van der Waals surface area contributed by atoms with Crippen molar-refractivity contribution in [3.8, 4) is 5.69 Å². The zero-order valence-corrected chi connectivity index (χ0v) is 17.4. The number of urea groups is 1. The van der Waals surface area contributed by atoms with Crippen LogP contribution in [0.4, 0.5) is 13.6 Å². The van der Waals surface area contributed by atoms with Crippen LogP contribution < -0.4 is 5.32 Å². The average molecular weight is 435 g/mol. The average Bonchev–Trinajstić information content (AvgIpc) is 3.45. The summed E-state index contributed by atoms with van der Waals surface area (Å²) in [5, 5.41) is 8.28. The van der Waals surface area contributed by atoms with E-state index in [0.717, 1.165) is 30.0 Å². The summed E-state index contributed by atoms with van der Waals surface area (Å²) in [6.45, 7) is 1.66. The minimum Gasteiger partial charge on any atom is -0.361 e. The lowest BCUT2D eigenvalue weighted by Gasteiger charge is -2.32. The molecule has 164 valence electrons. The normalized spacial score (nSPS) is 14.8. The lowest BCUT2D eigenvalue weighted by atomic mass is 9.89. The molecule has 8 heteroatoms. The molecule has 1 aliphatic heterocycles. The van der Waals surface area contributed by atoms with E-state index in [1.807, 2.05) is 11.0 Å². The van der Waals surface area contributed by atoms with Gasteiger partial charge in [-0.2, -0.15) is 5.10 Å². The smallest absolute Gasteiger partial charge is 0.317 e. The molecule has 0 bridgehead atoms. The zero-order valence-electron chi connectivity index (χ0n) is 17.4. The van der Waals surface area contributed by atoms with Crippen LogP contribution in [0.3, 0.4) is 0 Å². The summed E-state index contributed by atoms with van der Waals surface area (Å²) in [5.41, 5.74) is 3.35. The fraction of sp³-hybridized carbons (Fsp3) is 0.250. The first kappa shape index (κ1) is 20.2. The molecule has 0 aliphatic carbocycles. The van der Waals surface area contributed by atoms with Gasteiger partial charge in [-0.05, 0) is 42.5 Å². The van der Waals surface area contributed by atoms with Gasteiger partial charge < -0.3 is 15.2 Å². The molecule has 1 fully saturated rings. The van der Waals surface area contributed by atoms with E-state index >= 15 is 0 Å². The predicted molar refractivity (Wildman–Crippen MR) is 118 cm³/mol. The molecule has 0 saturated carbocycles. The Labute approximate surface area is 183 Å². The Balaban J connectivity index is 1.16. The van der Waals surface area contributed by atoms with Crippen molar-refractivity contribution in [2.75, 3.05) is 13.1 Å². The van der Waals surface area contributed by atoms with E-state index in [4.69, 9.17) is 0 Å². The van der Waals surface area contributed by atoms with E-state index in [-0.39, 0.29) is 18.3 Å². The second-order valence-corrected chi connectivity index (χ2v) is 8.10. The first-order valence-corrected chi connectivity index (χ1v) is 10.7. The van der Waals surface area contributed by atoms with E-state index < -0.39 is 11.6 Å². The molecule has 0 atom stereocenters. The first-order chi connectivity index (χ1) is 15.6. The number of carbonyl (C=O) groups excluding carboxylic acids is 1. The van der Waals surface area contributed by atoms with Gasteiger partial charge in [0.1, 0.15) is 11.5 Å². The standard InChI is InChI=1S/C24H23F2N5O/c25-18-5-6-23(21(26)11-18)31-15-16(13-29-31)12-28-24(32)30-9-7-17(8-10-30)20-14-27-22-4-2-1-3-19(20)22/h1-6,11,13-15,17,27H,7-10,12H2,(H,28,32). The quantitative estimate of drug-likeness (QED) is 0.487. The van der Waals surface area contributed by atoms with Crippen LogP contribution in [0.1, 0.15) is 29.9 Å². The third-order valence-corrected chi connectivity index (χ3v) is 6.08. The molecule has 5 rings (SSSR count). The van der Waals surface area contributed by atoms with Gasteiger partial charge in [0, 0.05) is 54.6 Å². The molecule has 1 aliphatic rings. The number of amides is 2. The highest BCUT2D eigenvalue weighted by molar-refractivity contribution is 5.83. The Bertz CT molecular complexity index is 1260. The molecule has 2 N–H and O–H groups in total. The SMILES string of the molecule is O=C(NCc1cnn(-c2ccc(F)cc2F)c1)N1CCC(c2c[nH]c3ccccc23)CC1. The molecule has 1 saturated heterocycles. The van der Waals surface area contributed by atoms with Gasteiger partial charge >= 0.3 is 6.03 Å². The topological polar surface area (TPSA) is 66.0 Å². The number of H-pyrrole nitrogens is 1. The molecule has 0 radical (unpaired) electrons. The summed E-state index contributed by atoms with van der Waals surface area (Å²) < 4.78 is 28.4. The van der Waals surface area contributed by atoms with Crippen molar-refractivity contribution >= 4 is 16.9 Å². The number of benzene rings is 2. The van der Waals surface area contributed by atoms with E-state index in [2.05, 4.69) is 39.8 Å². The van der Waals surface area contributed by atoms with Crippen molar-refractivity contribution in [2.45, 2.75) is 25.3 Å². The molecule has 3 heterocycles. The predicted octanol–water partition coefficient (Wildman–Crippen LogP) is 4.72. The second-order valence-electron chi connectivity index (χ2n) is 8.10. The molecule has 32 heavy (non-hydrogen) atoms. The van der Waals surface area contributed by atoms with Crippen molar-refractivity contribution in [2.24, 2.45) is 0 Å². The van der Waals surface area contributed by atoms with Crippen molar-refractivity contribution in [3.63, 3.8) is 0 Å². The van der Waals surface area contributed by atoms with E-state index in [0.29, 0.717) is 19.0 Å². The third kappa shape index (κ3) is 3.95. The van der Waals surface area contributed by atoms with Gasteiger partial charge in [0.05, 0.1) is 6.20 Å². The molecule has 4 aromatic rings. The number of hydrogen-bond acceptors (Lipinski definition) is 2. The Morgan fingerprint density at radius 3 is 2.78 bits per heavy atom. The van der Waals surface area contributed by atoms with Gasteiger partial charge in [0.25, 0.3) is 0 Å². The largest absolute Gasteiger partial charge is 0.361 e. The van der Waals surface area contributed by atoms with Gasteiger partial charge in [0.15, 0.2) is 5.82 Å². The Morgan fingerprint density at radius 2 is 1.97 bits per heavy atom. The molecule has 0 unspecified atom stereocenters. The zero-order chi connectivity index (χ0) is 22.1. The number of nitrogens with one attached hydrogen (secondary N) is 2. The minimum absolute atomic E-state index is 0.122. The van der Waals surface area contributed by atoms with Gasteiger partial charge in [-0.3, -0.25) is 0 Å². The van der Waals surface area contributed by atoms with Crippen LogP contribution >= 0.6 is 0 Å². The number of rotatable bonds is 4. The number of likely N-dealkylation sites (tertiary alicyclic amines) is 1. The van der Waals surface area contributed by atoms with Gasteiger partial charge in [0.2, 0.25) is 0 Å². The summed E-state index contributed by atoms with van der Waals surface area (Å²) in [6, 6.07) is 11.5. The molecule has 2 amide bonds. The lowest BCUT2D eigenvalue weighted by Crippen LogP contribution is -2.43. The molecule has 2 aromatic heterocycles. The third-order valence-electron chi connectivity index (χ3n) is 6.08. The summed E-state index contributed by atoms with van der Waals surface area (Å²) in [4.78, 5) is 17.8. The fourth-order valence-electron chi connectivity index (χ4n) is 4.36. The Kier molecular flexibility index (Phi) is 5.34. The van der Waals surface area contributed by atoms with Crippen molar-refractivity contribution in [3.05, 3.63) is 83.8 Å². The van der Waals surface area contributed by atoms with Crippen molar-refractivity contribution in [1.82, 2.24) is 25.0 Å². The van der Waals surface area contributed by atoms with Gasteiger partial charge in [-0.1, -0.05) is 18.2 Å². The summed E-state index contributed by atoms with van der Waals surface area (Å²) in [6.07, 6.45) is 7.10. The maximum Gasteiger partial charge on any atom is 0.317 e. The van der Waals surface area contributed by atoms with Gasteiger partial charge in [-0.25, -0.2) is 18.3 Å². The van der Waals surface area contributed by atoms with E-state index in [1.165, 1.54) is 27.8 Å². The number of fused-ring (bicyclic) bond motifs is 1. The number of nitrogens with zero attached hydrogens (tertiary/aromatic N) is 3. The van der Waals surface area contributed by atoms with Crippen LogP contribution in [-0.4, -0.2) is 38.8 Å². The van der Waals surface area contributed by atoms with Crippen LogP contribution in [-0.2, 0) is 6.54 Å². The van der Waals surface area contributed by atoms with Crippen LogP contribution in [0.5, 0.6) is 0 Å². The monoisotopic (exact) mass is 435 g/mol. The number of halogens is 2. The maximum absolute atomic E-state index is 13.9. The summed E-state index contributed by atoms with van der Waals surface area (Å²) in [7, 11) is 0. The first-order valence-electron chi connectivity index (χ1n) is 10.7. The fourth-order valence-corrected chi connectivity index (χ4v) is 4.36. The highest BCUT2D eigenvalue weighted by atomic mass is 19.1. The van der Waals surface area contributed by atoms with Crippen LogP contribution in [0.25, 0.3) is 16.6 Å². The summed E-state index contributed by atoms with van der Waals surface area (Å²) >= 11 is 0. The molecule has 2 aromatic carbocycles. The van der Waals surface area contributed by atoms with Crippen molar-refractivity contribution in [1.29, 1.82) is 0 Å². The number of aromatic nitrogens is 3. The Morgan fingerprint density at radius 1 is 1.16 bits per heavy atom. The molecular weight excluding hydrogens is 412 g/mol. The van der Waals surface area contributed by atoms with Crippen LogP contribution in [0.2, 0.25) is 0 Å². The van der Waals surface area contributed by atoms with Crippen LogP contribution in [0, 0.1) is 11.6 Å². The minimum atomic E-state index is -0.693. The highest BCUT2D eigenvalue weighted by Crippen LogP contribution is 2.33. The van der Waals surface area contributed by atoms with Gasteiger partial charge in [-0.15, -0.1) is 0 Å². The van der Waals surface area contributed by atoms with Crippen LogP contribution in [0.15, 0.2) is 61.1 Å². The number of para-hydroxylation sites is 1. The molecule has 6 nitrogen and oxygen atoms in total. The molecule has 0 spiro atoms. The number of carbonyl (C=O) groups is 1. The Hall–Kier alpha value is -3.68. The number of piperidine rings is 1. The summed E-state index contributed by atoms with van der Waals surface area (Å²) in [5.74, 6) is -0.903. The number of aromatic amines is 1. The van der Waals surface area contributed by atoms with E-state index in [9.17, 15) is 13.6 Å². The van der Waals surface area contributed by atoms with E-state index in [1.54, 1.807) is 12.4 Å². The second kappa shape index (κ2) is 8.45. The maximum atomic E-state index is 13.9. The molecular formula is C24H23F2N5O. The number of hydrogen-bond donors (Lipinski definition) is 2. The highest BCUT2D eigenvalue weighted by Gasteiger charge is 2.25. The van der Waals surface area contributed by atoms with Crippen molar-refractivity contribution < 1.29 is 13.6 Å².